The molecule has 10 heavy (non-hydrogen) atoms. The van der Waals surface area contributed by atoms with E-state index in [0.717, 1.165) is 6.04 Å². The van der Waals surface area contributed by atoms with Crippen molar-refractivity contribution >= 4 is 0 Å². The molecule has 0 heterocycles. The molecule has 0 aliphatic rings. The normalized spacial score (nSPS) is 12.9. The lowest BCUT2D eigenvalue weighted by Crippen LogP contribution is -2.28. The van der Waals surface area contributed by atoms with E-state index in [-0.39, 0.29) is 7.43 Å². The molecule has 0 aliphatic heterocycles. The van der Waals surface area contributed by atoms with Crippen LogP contribution in [0, 0.1) is 0 Å². The molecule has 1 heteroatoms. The molecule has 1 atom stereocenters. The van der Waals surface area contributed by atoms with Crippen LogP contribution >= 0.6 is 0 Å². The molecule has 0 bridgehead atoms. The Kier molecular flexibility index (Phi) is 8.92. The first-order valence-corrected chi connectivity index (χ1v) is 3.92. The Balaban J connectivity index is 0. The van der Waals surface area contributed by atoms with Crippen LogP contribution in [0.25, 0.3) is 0 Å². The first kappa shape index (κ1) is 12.6. The van der Waals surface area contributed by atoms with Gasteiger partial charge in [-0.25, -0.2) is 0 Å². The molecule has 0 rings (SSSR count). The average molecular weight is 145 g/mol. The predicted molar refractivity (Wildman–Crippen MR) is 49.4 cm³/mol. The monoisotopic (exact) mass is 145 g/mol. The molecule has 0 spiro atoms. The van der Waals surface area contributed by atoms with E-state index in [1.165, 1.54) is 19.4 Å². The smallest absolute Gasteiger partial charge is 0.00612 e. The summed E-state index contributed by atoms with van der Waals surface area (Å²) >= 11 is 0. The van der Waals surface area contributed by atoms with Crippen LogP contribution in [0.5, 0.6) is 0 Å². The fourth-order valence-electron chi connectivity index (χ4n) is 0.885. The summed E-state index contributed by atoms with van der Waals surface area (Å²) in [6, 6.07) is 0.755. The second-order valence-electron chi connectivity index (χ2n) is 2.74. The number of nitrogens with zero attached hydrogens (tertiary/aromatic N) is 1. The molecule has 1 nitrogen and oxygen atoms in total. The first-order valence-electron chi connectivity index (χ1n) is 3.92. The van der Waals surface area contributed by atoms with Crippen LogP contribution in [0.3, 0.4) is 0 Å². The Morgan fingerprint density at radius 3 is 2.10 bits per heavy atom. The van der Waals surface area contributed by atoms with E-state index >= 15 is 0 Å². The highest BCUT2D eigenvalue weighted by molar-refractivity contribution is 4.58. The average Bonchev–Trinajstić information content (AvgIpc) is 1.87. The van der Waals surface area contributed by atoms with Crippen molar-refractivity contribution in [1.29, 1.82) is 0 Å². The van der Waals surface area contributed by atoms with Crippen molar-refractivity contribution in [3.63, 3.8) is 0 Å². The zero-order chi connectivity index (χ0) is 7.28. The Labute approximate surface area is 66.4 Å². The van der Waals surface area contributed by atoms with Crippen molar-refractivity contribution in [3.05, 3.63) is 0 Å². The minimum atomic E-state index is 0. The van der Waals surface area contributed by atoms with Crippen molar-refractivity contribution in [2.75, 3.05) is 13.6 Å². The minimum absolute atomic E-state index is 0. The SMILES string of the molecule is C.CCCN(C)C(C)CC. The lowest BCUT2D eigenvalue weighted by Gasteiger charge is -2.22. The Hall–Kier alpha value is -0.0400. The largest absolute Gasteiger partial charge is 0.304 e. The summed E-state index contributed by atoms with van der Waals surface area (Å²) in [4.78, 5) is 2.40. The fraction of sp³-hybridized carbons (Fsp3) is 1.00. The summed E-state index contributed by atoms with van der Waals surface area (Å²) < 4.78 is 0. The van der Waals surface area contributed by atoms with Crippen molar-refractivity contribution in [1.82, 2.24) is 4.90 Å². The molecule has 0 N–H and O–H groups in total. The maximum Gasteiger partial charge on any atom is 0.00612 e. The highest BCUT2D eigenvalue weighted by Crippen LogP contribution is 1.99. The number of rotatable bonds is 4. The third kappa shape index (κ3) is 4.80. The molecule has 1 unspecified atom stereocenters. The maximum absolute atomic E-state index is 2.40. The van der Waals surface area contributed by atoms with E-state index in [0.29, 0.717) is 0 Å². The molecule has 0 radical (unpaired) electrons. The van der Waals surface area contributed by atoms with Gasteiger partial charge in [0, 0.05) is 6.04 Å². The lowest BCUT2D eigenvalue weighted by atomic mass is 10.2. The van der Waals surface area contributed by atoms with Crippen LogP contribution in [0.15, 0.2) is 0 Å². The van der Waals surface area contributed by atoms with E-state index in [1.54, 1.807) is 0 Å². The summed E-state index contributed by atoms with van der Waals surface area (Å²) in [6.45, 7) is 7.96. The molecule has 0 aromatic carbocycles. The van der Waals surface area contributed by atoms with Crippen LogP contribution in [-0.4, -0.2) is 24.5 Å². The highest BCUT2D eigenvalue weighted by atomic mass is 15.1. The molecule has 0 amide bonds. The minimum Gasteiger partial charge on any atom is -0.304 e. The van der Waals surface area contributed by atoms with E-state index in [9.17, 15) is 0 Å². The molecule has 0 aromatic rings. The van der Waals surface area contributed by atoms with Crippen molar-refractivity contribution in [3.8, 4) is 0 Å². The van der Waals surface area contributed by atoms with Crippen LogP contribution in [-0.2, 0) is 0 Å². The zero-order valence-electron chi connectivity index (χ0n) is 7.15. The highest BCUT2D eigenvalue weighted by Gasteiger charge is 2.02. The van der Waals surface area contributed by atoms with Gasteiger partial charge in [-0.15, -0.1) is 0 Å². The predicted octanol–water partition coefficient (Wildman–Crippen LogP) is 2.76. The molecular weight excluding hydrogens is 122 g/mol. The topological polar surface area (TPSA) is 3.24 Å². The van der Waals surface area contributed by atoms with Crippen LogP contribution < -0.4 is 0 Å². The molecule has 0 fully saturated rings. The van der Waals surface area contributed by atoms with Gasteiger partial charge in [0.05, 0.1) is 0 Å². The lowest BCUT2D eigenvalue weighted by molar-refractivity contribution is 0.252. The van der Waals surface area contributed by atoms with Gasteiger partial charge in [0.1, 0.15) is 0 Å². The quantitative estimate of drug-likeness (QED) is 0.588. The standard InChI is InChI=1S/C8H19N.CH4/c1-5-7-9(4)8(3)6-2;/h8H,5-7H2,1-4H3;1H4. The Morgan fingerprint density at radius 2 is 1.80 bits per heavy atom. The second kappa shape index (κ2) is 7.07. The molecule has 0 aliphatic carbocycles. The van der Waals surface area contributed by atoms with Gasteiger partial charge in [-0.05, 0) is 33.4 Å². The van der Waals surface area contributed by atoms with Gasteiger partial charge >= 0.3 is 0 Å². The maximum atomic E-state index is 2.40. The van der Waals surface area contributed by atoms with Crippen LogP contribution in [0.2, 0.25) is 0 Å². The third-order valence-electron chi connectivity index (χ3n) is 1.92. The van der Waals surface area contributed by atoms with Crippen molar-refractivity contribution in [2.45, 2.75) is 47.1 Å². The van der Waals surface area contributed by atoms with Gasteiger partial charge in [0.2, 0.25) is 0 Å². The molecule has 64 valence electrons. The van der Waals surface area contributed by atoms with Crippen molar-refractivity contribution in [2.24, 2.45) is 0 Å². The van der Waals surface area contributed by atoms with E-state index in [2.05, 4.69) is 32.7 Å². The summed E-state index contributed by atoms with van der Waals surface area (Å²) in [7, 11) is 2.19. The Bertz CT molecular complexity index is 61.7. The first-order chi connectivity index (χ1) is 4.22. The second-order valence-corrected chi connectivity index (χ2v) is 2.74. The van der Waals surface area contributed by atoms with Gasteiger partial charge < -0.3 is 4.90 Å². The summed E-state index contributed by atoms with van der Waals surface area (Å²) in [5, 5.41) is 0. The molecule has 0 saturated carbocycles. The van der Waals surface area contributed by atoms with Crippen molar-refractivity contribution < 1.29 is 0 Å². The van der Waals surface area contributed by atoms with Gasteiger partial charge in [0.15, 0.2) is 0 Å². The molecule has 0 saturated heterocycles. The van der Waals surface area contributed by atoms with Crippen LogP contribution in [0.4, 0.5) is 0 Å². The summed E-state index contributed by atoms with van der Waals surface area (Å²) in [5.41, 5.74) is 0. The summed E-state index contributed by atoms with van der Waals surface area (Å²) in [5.74, 6) is 0. The van der Waals surface area contributed by atoms with Crippen LogP contribution in [0.1, 0.15) is 41.0 Å². The third-order valence-corrected chi connectivity index (χ3v) is 1.92. The summed E-state index contributed by atoms with van der Waals surface area (Å²) in [6.07, 6.45) is 2.53. The molecule has 0 aromatic heterocycles. The van der Waals surface area contributed by atoms with E-state index < -0.39 is 0 Å². The number of hydrogen-bond acceptors (Lipinski definition) is 1. The van der Waals surface area contributed by atoms with Gasteiger partial charge in [-0.2, -0.15) is 0 Å². The van der Waals surface area contributed by atoms with Gasteiger partial charge in [-0.1, -0.05) is 21.3 Å². The van der Waals surface area contributed by atoms with Gasteiger partial charge in [0.25, 0.3) is 0 Å². The van der Waals surface area contributed by atoms with E-state index in [4.69, 9.17) is 0 Å². The number of hydrogen-bond donors (Lipinski definition) is 0. The van der Waals surface area contributed by atoms with Gasteiger partial charge in [-0.3, -0.25) is 0 Å². The molecular formula is C9H23N. The van der Waals surface area contributed by atoms with E-state index in [1.807, 2.05) is 0 Å². The Morgan fingerprint density at radius 1 is 1.30 bits per heavy atom. The zero-order valence-corrected chi connectivity index (χ0v) is 7.15. The fourth-order valence-corrected chi connectivity index (χ4v) is 0.885.